The van der Waals surface area contributed by atoms with Gasteiger partial charge in [0.25, 0.3) is 0 Å². The highest BCUT2D eigenvalue weighted by molar-refractivity contribution is 5.95. The molecule has 0 atom stereocenters. The summed E-state index contributed by atoms with van der Waals surface area (Å²) in [5.41, 5.74) is 4.36. The van der Waals surface area contributed by atoms with E-state index in [0.29, 0.717) is 18.1 Å². The van der Waals surface area contributed by atoms with E-state index >= 15 is 0 Å². The summed E-state index contributed by atoms with van der Waals surface area (Å²) < 4.78 is 11.6. The number of fused-ring (bicyclic) bond motifs is 1. The Labute approximate surface area is 169 Å². The van der Waals surface area contributed by atoms with Crippen molar-refractivity contribution in [3.8, 4) is 17.2 Å². The first-order valence-corrected chi connectivity index (χ1v) is 9.34. The van der Waals surface area contributed by atoms with Crippen LogP contribution in [0.15, 0.2) is 72.9 Å². The molecule has 0 spiro atoms. The van der Waals surface area contributed by atoms with Crippen LogP contribution in [0.5, 0.6) is 17.2 Å². The number of ether oxygens (including phenoxy) is 2. The molecule has 5 heteroatoms. The van der Waals surface area contributed by atoms with Crippen LogP contribution in [0.4, 0.5) is 11.4 Å². The molecule has 3 aromatic carbocycles. The predicted octanol–water partition coefficient (Wildman–Crippen LogP) is 5.58. The largest absolute Gasteiger partial charge is 0.508 e. The molecule has 0 saturated carbocycles. The van der Waals surface area contributed by atoms with E-state index in [4.69, 9.17) is 9.47 Å². The highest BCUT2D eigenvalue weighted by atomic mass is 16.5. The molecule has 2 N–H and O–H groups in total. The second-order valence-corrected chi connectivity index (χ2v) is 6.78. The Morgan fingerprint density at radius 3 is 2.55 bits per heavy atom. The number of phenols is 1. The van der Waals surface area contributed by atoms with E-state index in [1.807, 2.05) is 67.6 Å². The number of aryl methyl sites for hydroxylation is 1. The Kier molecular flexibility index (Phi) is 5.20. The monoisotopic (exact) mass is 386 g/mol. The van der Waals surface area contributed by atoms with E-state index in [9.17, 15) is 5.11 Å². The maximum absolute atomic E-state index is 9.97. The lowest BCUT2D eigenvalue weighted by Gasteiger charge is -2.15. The number of phenolic OH excluding ortho intramolecular Hbond substituents is 1. The number of nitrogens with one attached hydrogen (secondary N) is 1. The zero-order valence-corrected chi connectivity index (χ0v) is 16.3. The summed E-state index contributed by atoms with van der Waals surface area (Å²) >= 11 is 0. The number of nitrogens with zero attached hydrogens (tertiary/aromatic N) is 1. The SMILES string of the molecule is COc1cc2c(Nc3ccc(C)c(O)c3)ccnc2cc1OCc1ccccc1. The van der Waals surface area contributed by atoms with Crippen LogP contribution >= 0.6 is 0 Å². The molecule has 0 radical (unpaired) electrons. The number of pyridine rings is 1. The topological polar surface area (TPSA) is 63.6 Å². The molecule has 0 bridgehead atoms. The lowest BCUT2D eigenvalue weighted by Crippen LogP contribution is -1.99. The number of aromatic nitrogens is 1. The standard InChI is InChI=1S/C24H22N2O3/c1-16-8-9-18(12-22(16)27)26-20-10-11-25-21-14-24(23(28-2)13-19(20)21)29-15-17-6-4-3-5-7-17/h3-14,27H,15H2,1-2H3,(H,25,26). The molecule has 29 heavy (non-hydrogen) atoms. The van der Waals surface area contributed by atoms with E-state index in [0.717, 1.165) is 33.4 Å². The molecule has 4 aromatic rings. The quantitative estimate of drug-likeness (QED) is 0.453. The molecular weight excluding hydrogens is 364 g/mol. The average Bonchev–Trinajstić information content (AvgIpc) is 2.75. The van der Waals surface area contributed by atoms with Crippen LogP contribution in [0.3, 0.4) is 0 Å². The van der Waals surface area contributed by atoms with E-state index in [1.165, 1.54) is 0 Å². The van der Waals surface area contributed by atoms with Crippen LogP contribution in [0.25, 0.3) is 10.9 Å². The summed E-state index contributed by atoms with van der Waals surface area (Å²) in [6.45, 7) is 2.31. The van der Waals surface area contributed by atoms with Crippen LogP contribution in [0, 0.1) is 6.92 Å². The minimum absolute atomic E-state index is 0.252. The van der Waals surface area contributed by atoms with Gasteiger partial charge in [0.1, 0.15) is 12.4 Å². The molecule has 146 valence electrons. The fourth-order valence-corrected chi connectivity index (χ4v) is 3.11. The second kappa shape index (κ2) is 8.10. The van der Waals surface area contributed by atoms with Crippen molar-refractivity contribution < 1.29 is 14.6 Å². The Hall–Kier alpha value is -3.73. The van der Waals surface area contributed by atoms with Crippen LogP contribution in [-0.4, -0.2) is 17.2 Å². The van der Waals surface area contributed by atoms with Crippen LogP contribution < -0.4 is 14.8 Å². The second-order valence-electron chi connectivity index (χ2n) is 6.78. The van der Waals surface area contributed by atoms with Crippen LogP contribution in [-0.2, 0) is 6.61 Å². The summed E-state index contributed by atoms with van der Waals surface area (Å²) in [5.74, 6) is 1.53. The lowest BCUT2D eigenvalue weighted by atomic mass is 10.1. The Balaban J connectivity index is 1.66. The number of aromatic hydroxyl groups is 1. The maximum atomic E-state index is 9.97. The van der Waals surface area contributed by atoms with Crippen molar-refractivity contribution in [3.63, 3.8) is 0 Å². The Bertz CT molecular complexity index is 1140. The normalized spacial score (nSPS) is 10.7. The van der Waals surface area contributed by atoms with Gasteiger partial charge in [-0.15, -0.1) is 0 Å². The Morgan fingerprint density at radius 1 is 0.966 bits per heavy atom. The van der Waals surface area contributed by atoms with Crippen LogP contribution in [0.2, 0.25) is 0 Å². The third-order valence-corrected chi connectivity index (χ3v) is 4.75. The fourth-order valence-electron chi connectivity index (χ4n) is 3.11. The Morgan fingerprint density at radius 2 is 1.79 bits per heavy atom. The molecule has 0 saturated heterocycles. The van der Waals surface area contributed by atoms with E-state index in [1.54, 1.807) is 19.4 Å². The number of hydrogen-bond donors (Lipinski definition) is 2. The lowest BCUT2D eigenvalue weighted by molar-refractivity contribution is 0.285. The number of methoxy groups -OCH3 is 1. The summed E-state index contributed by atoms with van der Waals surface area (Å²) in [4.78, 5) is 4.48. The van der Waals surface area contributed by atoms with Gasteiger partial charge in [0.15, 0.2) is 11.5 Å². The van der Waals surface area contributed by atoms with E-state index in [2.05, 4.69) is 10.3 Å². The summed E-state index contributed by atoms with van der Waals surface area (Å²) in [7, 11) is 1.62. The fraction of sp³-hybridized carbons (Fsp3) is 0.125. The summed E-state index contributed by atoms with van der Waals surface area (Å²) in [6, 6.07) is 21.2. The first-order valence-electron chi connectivity index (χ1n) is 9.34. The molecule has 0 amide bonds. The van der Waals surface area contributed by atoms with Gasteiger partial charge in [-0.25, -0.2) is 0 Å². The third kappa shape index (κ3) is 4.09. The zero-order chi connectivity index (χ0) is 20.2. The van der Waals surface area contributed by atoms with Crippen molar-refractivity contribution in [2.24, 2.45) is 0 Å². The maximum Gasteiger partial charge on any atom is 0.163 e. The molecule has 0 unspecified atom stereocenters. The molecule has 1 heterocycles. The van der Waals surface area contributed by atoms with Gasteiger partial charge in [0, 0.05) is 35.1 Å². The number of anilines is 2. The van der Waals surface area contributed by atoms with Crippen molar-refractivity contribution in [1.82, 2.24) is 4.98 Å². The minimum atomic E-state index is 0.252. The number of rotatable bonds is 6. The third-order valence-electron chi connectivity index (χ3n) is 4.75. The predicted molar refractivity (Wildman–Crippen MR) is 115 cm³/mol. The molecular formula is C24H22N2O3. The van der Waals surface area contributed by atoms with Gasteiger partial charge >= 0.3 is 0 Å². The molecule has 0 aliphatic rings. The van der Waals surface area contributed by atoms with Crippen LogP contribution in [0.1, 0.15) is 11.1 Å². The molecule has 0 aliphatic carbocycles. The van der Waals surface area contributed by atoms with E-state index in [-0.39, 0.29) is 5.75 Å². The zero-order valence-electron chi connectivity index (χ0n) is 16.3. The van der Waals surface area contributed by atoms with E-state index < -0.39 is 0 Å². The summed E-state index contributed by atoms with van der Waals surface area (Å²) in [6.07, 6.45) is 1.74. The number of hydrogen-bond acceptors (Lipinski definition) is 5. The molecule has 4 rings (SSSR count). The van der Waals surface area contributed by atoms with Crippen molar-refractivity contribution >= 4 is 22.3 Å². The highest BCUT2D eigenvalue weighted by Crippen LogP contribution is 2.36. The molecule has 1 aromatic heterocycles. The first-order chi connectivity index (χ1) is 14.1. The van der Waals surface area contributed by atoms with Crippen molar-refractivity contribution in [2.75, 3.05) is 12.4 Å². The average molecular weight is 386 g/mol. The smallest absolute Gasteiger partial charge is 0.163 e. The van der Waals surface area contributed by atoms with Gasteiger partial charge in [-0.1, -0.05) is 36.4 Å². The summed E-state index contributed by atoms with van der Waals surface area (Å²) in [5, 5.41) is 14.2. The van der Waals surface area contributed by atoms with Gasteiger partial charge in [-0.2, -0.15) is 0 Å². The van der Waals surface area contributed by atoms with Gasteiger partial charge in [0.05, 0.1) is 12.6 Å². The minimum Gasteiger partial charge on any atom is -0.508 e. The van der Waals surface area contributed by atoms with Gasteiger partial charge in [0.2, 0.25) is 0 Å². The molecule has 0 aliphatic heterocycles. The van der Waals surface area contributed by atoms with Crippen molar-refractivity contribution in [3.05, 3.63) is 84.1 Å². The van der Waals surface area contributed by atoms with Gasteiger partial charge < -0.3 is 19.9 Å². The molecule has 5 nitrogen and oxygen atoms in total. The van der Waals surface area contributed by atoms with Crippen molar-refractivity contribution in [2.45, 2.75) is 13.5 Å². The highest BCUT2D eigenvalue weighted by Gasteiger charge is 2.11. The van der Waals surface area contributed by atoms with Crippen molar-refractivity contribution in [1.29, 1.82) is 0 Å². The van der Waals surface area contributed by atoms with Gasteiger partial charge in [-0.3, -0.25) is 4.98 Å². The van der Waals surface area contributed by atoms with Gasteiger partial charge in [-0.05, 0) is 36.2 Å². The molecule has 0 fully saturated rings. The number of benzene rings is 3. The first kappa shape index (κ1) is 18.6.